The third-order valence-electron chi connectivity index (χ3n) is 4.20. The summed E-state index contributed by atoms with van der Waals surface area (Å²) in [5, 5.41) is 0. The lowest BCUT2D eigenvalue weighted by atomic mass is 9.65. The Hall–Kier alpha value is -1.42. The molecule has 0 atom stereocenters. The number of rotatable bonds is 6. The van der Waals surface area contributed by atoms with Gasteiger partial charge in [-0.3, -0.25) is 0 Å². The zero-order valence-electron chi connectivity index (χ0n) is 12.0. The molecular weight excluding hydrogens is 242 g/mol. The van der Waals surface area contributed by atoms with E-state index < -0.39 is 0 Å². The largest absolute Gasteiger partial charge is 0.496 e. The Morgan fingerprint density at radius 2 is 1.58 bits per heavy atom. The summed E-state index contributed by atoms with van der Waals surface area (Å²) < 4.78 is 16.1. The molecule has 0 amide bonds. The van der Waals surface area contributed by atoms with Crippen LogP contribution < -0.4 is 19.9 Å². The fourth-order valence-electron chi connectivity index (χ4n) is 2.76. The Morgan fingerprint density at radius 3 is 2.00 bits per heavy atom. The van der Waals surface area contributed by atoms with Crippen LogP contribution in [-0.4, -0.2) is 27.9 Å². The van der Waals surface area contributed by atoms with E-state index in [2.05, 4.69) is 0 Å². The molecule has 0 bridgehead atoms. The molecule has 1 aliphatic carbocycles. The zero-order valence-corrected chi connectivity index (χ0v) is 12.0. The summed E-state index contributed by atoms with van der Waals surface area (Å²) in [5.74, 6) is 2.28. The highest BCUT2D eigenvalue weighted by Gasteiger charge is 2.36. The molecule has 0 aliphatic heterocycles. The van der Waals surface area contributed by atoms with Gasteiger partial charge >= 0.3 is 0 Å². The Kier molecular flexibility index (Phi) is 4.20. The Balaban J connectivity index is 2.32. The molecule has 2 N–H and O–H groups in total. The van der Waals surface area contributed by atoms with E-state index in [1.165, 1.54) is 19.3 Å². The van der Waals surface area contributed by atoms with Crippen molar-refractivity contribution in [1.29, 1.82) is 0 Å². The second-order valence-electron chi connectivity index (χ2n) is 5.25. The van der Waals surface area contributed by atoms with Crippen molar-refractivity contribution in [3.05, 3.63) is 17.7 Å². The van der Waals surface area contributed by atoms with Gasteiger partial charge in [0.2, 0.25) is 0 Å². The van der Waals surface area contributed by atoms with E-state index in [9.17, 15) is 0 Å². The average Bonchev–Trinajstić information content (AvgIpc) is 2.41. The summed E-state index contributed by atoms with van der Waals surface area (Å²) in [5.41, 5.74) is 7.32. The highest BCUT2D eigenvalue weighted by atomic mass is 16.5. The molecular formula is C15H23NO3. The van der Waals surface area contributed by atoms with Crippen molar-refractivity contribution < 1.29 is 14.2 Å². The van der Waals surface area contributed by atoms with Crippen LogP contribution in [0.25, 0.3) is 0 Å². The second kappa shape index (κ2) is 5.70. The minimum atomic E-state index is 0.243. The van der Waals surface area contributed by atoms with Crippen LogP contribution in [0.1, 0.15) is 24.8 Å². The van der Waals surface area contributed by atoms with Gasteiger partial charge in [0.25, 0.3) is 0 Å². The molecule has 1 aromatic rings. The number of benzene rings is 1. The fraction of sp³-hybridized carbons (Fsp3) is 0.600. The number of hydrogen-bond acceptors (Lipinski definition) is 4. The van der Waals surface area contributed by atoms with Gasteiger partial charge in [-0.1, -0.05) is 6.42 Å². The summed E-state index contributed by atoms with van der Waals surface area (Å²) in [6, 6.07) is 3.89. The number of hydrogen-bond donors (Lipinski definition) is 1. The Morgan fingerprint density at radius 1 is 1.00 bits per heavy atom. The van der Waals surface area contributed by atoms with Gasteiger partial charge in [0, 0.05) is 6.07 Å². The molecule has 1 fully saturated rings. The maximum absolute atomic E-state index is 5.94. The smallest absolute Gasteiger partial charge is 0.164 e. The Bertz CT molecular complexity index is 436. The third kappa shape index (κ3) is 2.63. The second-order valence-corrected chi connectivity index (χ2v) is 5.25. The van der Waals surface area contributed by atoms with Crippen LogP contribution in [0.5, 0.6) is 17.2 Å². The third-order valence-corrected chi connectivity index (χ3v) is 4.20. The normalized spacial score (nSPS) is 16.6. The first kappa shape index (κ1) is 14.0. The highest BCUT2D eigenvalue weighted by Crippen LogP contribution is 2.45. The van der Waals surface area contributed by atoms with E-state index in [4.69, 9.17) is 19.9 Å². The average molecular weight is 265 g/mol. The van der Waals surface area contributed by atoms with Crippen LogP contribution >= 0.6 is 0 Å². The lowest BCUT2D eigenvalue weighted by Crippen LogP contribution is -2.39. The molecule has 1 aromatic carbocycles. The molecule has 0 aromatic heterocycles. The van der Waals surface area contributed by atoms with Crippen molar-refractivity contribution in [1.82, 2.24) is 0 Å². The molecule has 0 spiro atoms. The van der Waals surface area contributed by atoms with Crippen LogP contribution in [0.2, 0.25) is 0 Å². The quantitative estimate of drug-likeness (QED) is 0.858. The number of methoxy groups -OCH3 is 3. The number of nitrogens with two attached hydrogens (primary N) is 1. The lowest BCUT2D eigenvalue weighted by molar-refractivity contribution is 0.143. The molecule has 106 valence electrons. The SMILES string of the molecule is COc1cc(OC)c(OC)cc1CC1(CN)CCC1. The maximum atomic E-state index is 5.94. The predicted octanol–water partition coefficient (Wildman–Crippen LogP) is 2.38. The molecule has 2 rings (SSSR count). The minimum absolute atomic E-state index is 0.243. The van der Waals surface area contributed by atoms with Crippen LogP contribution in [0.15, 0.2) is 12.1 Å². The van der Waals surface area contributed by atoms with Crippen LogP contribution in [-0.2, 0) is 6.42 Å². The van der Waals surface area contributed by atoms with Crippen molar-refractivity contribution in [2.24, 2.45) is 11.1 Å². The van der Waals surface area contributed by atoms with Gasteiger partial charge in [-0.05, 0) is 42.9 Å². The van der Waals surface area contributed by atoms with Crippen molar-refractivity contribution in [2.45, 2.75) is 25.7 Å². The Labute approximate surface area is 114 Å². The van der Waals surface area contributed by atoms with Gasteiger partial charge in [-0.25, -0.2) is 0 Å². The van der Waals surface area contributed by atoms with Gasteiger partial charge in [-0.15, -0.1) is 0 Å². The monoisotopic (exact) mass is 265 g/mol. The van der Waals surface area contributed by atoms with E-state index in [-0.39, 0.29) is 5.41 Å². The first-order valence-corrected chi connectivity index (χ1v) is 6.67. The van der Waals surface area contributed by atoms with E-state index in [0.717, 1.165) is 30.0 Å². The van der Waals surface area contributed by atoms with Crippen LogP contribution in [0.3, 0.4) is 0 Å². The molecule has 4 heteroatoms. The van der Waals surface area contributed by atoms with Crippen molar-refractivity contribution in [3.8, 4) is 17.2 Å². The van der Waals surface area contributed by atoms with Crippen molar-refractivity contribution in [3.63, 3.8) is 0 Å². The van der Waals surface area contributed by atoms with Crippen molar-refractivity contribution in [2.75, 3.05) is 27.9 Å². The molecule has 0 radical (unpaired) electrons. The number of ether oxygens (including phenoxy) is 3. The van der Waals surface area contributed by atoms with Gasteiger partial charge < -0.3 is 19.9 Å². The summed E-state index contributed by atoms with van der Waals surface area (Å²) in [6.45, 7) is 0.727. The molecule has 0 unspecified atom stereocenters. The van der Waals surface area contributed by atoms with Gasteiger partial charge in [0.1, 0.15) is 5.75 Å². The van der Waals surface area contributed by atoms with Gasteiger partial charge in [0.15, 0.2) is 11.5 Å². The van der Waals surface area contributed by atoms with E-state index in [1.807, 2.05) is 12.1 Å². The topological polar surface area (TPSA) is 53.7 Å². The first-order chi connectivity index (χ1) is 9.18. The first-order valence-electron chi connectivity index (χ1n) is 6.67. The van der Waals surface area contributed by atoms with Crippen LogP contribution in [0, 0.1) is 5.41 Å². The molecule has 1 saturated carbocycles. The van der Waals surface area contributed by atoms with Gasteiger partial charge in [0.05, 0.1) is 21.3 Å². The minimum Gasteiger partial charge on any atom is -0.496 e. The molecule has 4 nitrogen and oxygen atoms in total. The van der Waals surface area contributed by atoms with Gasteiger partial charge in [-0.2, -0.15) is 0 Å². The summed E-state index contributed by atoms with van der Waals surface area (Å²) in [7, 11) is 4.96. The summed E-state index contributed by atoms with van der Waals surface area (Å²) >= 11 is 0. The fourth-order valence-corrected chi connectivity index (χ4v) is 2.76. The van der Waals surface area contributed by atoms with E-state index >= 15 is 0 Å². The predicted molar refractivity (Wildman–Crippen MR) is 75.1 cm³/mol. The molecule has 0 heterocycles. The standard InChI is InChI=1S/C15H23NO3/c1-17-12-8-14(19-3)13(18-2)7-11(12)9-15(10-16)5-4-6-15/h7-8H,4-6,9-10,16H2,1-3H3. The molecule has 1 aliphatic rings. The van der Waals surface area contributed by atoms with E-state index in [1.54, 1.807) is 21.3 Å². The van der Waals surface area contributed by atoms with E-state index in [0.29, 0.717) is 5.75 Å². The zero-order chi connectivity index (χ0) is 13.9. The highest BCUT2D eigenvalue weighted by molar-refractivity contribution is 5.51. The summed E-state index contributed by atoms with van der Waals surface area (Å²) in [6.07, 6.45) is 4.60. The lowest BCUT2D eigenvalue weighted by Gasteiger charge is -2.41. The van der Waals surface area contributed by atoms with Crippen LogP contribution in [0.4, 0.5) is 0 Å². The molecule has 19 heavy (non-hydrogen) atoms. The molecule has 0 saturated heterocycles. The maximum Gasteiger partial charge on any atom is 0.164 e. The van der Waals surface area contributed by atoms with Crippen molar-refractivity contribution >= 4 is 0 Å². The summed E-state index contributed by atoms with van der Waals surface area (Å²) in [4.78, 5) is 0.